The molecule has 2 aromatic heterocycles. The second kappa shape index (κ2) is 7.51. The summed E-state index contributed by atoms with van der Waals surface area (Å²) in [6, 6.07) is 16.4. The van der Waals surface area contributed by atoms with Crippen molar-refractivity contribution in [1.82, 2.24) is 9.66 Å². The zero-order chi connectivity index (χ0) is 18.6. The molecular weight excluding hydrogens is 366 g/mol. The summed E-state index contributed by atoms with van der Waals surface area (Å²) in [6.07, 6.45) is 3.39. The van der Waals surface area contributed by atoms with E-state index in [1.54, 1.807) is 54.2 Å². The molecular formula is C20H14F2N4S. The van der Waals surface area contributed by atoms with Gasteiger partial charge in [0.2, 0.25) is 4.80 Å². The summed E-state index contributed by atoms with van der Waals surface area (Å²) in [7, 11) is 0. The normalized spacial score (nSPS) is 12.1. The monoisotopic (exact) mass is 380 g/mol. The average Bonchev–Trinajstić information content (AvgIpc) is 3.32. The van der Waals surface area contributed by atoms with Crippen LogP contribution >= 0.6 is 11.3 Å². The highest BCUT2D eigenvalue weighted by molar-refractivity contribution is 7.07. The van der Waals surface area contributed by atoms with Gasteiger partial charge in [0.25, 0.3) is 0 Å². The van der Waals surface area contributed by atoms with Crippen LogP contribution in [0.4, 0.5) is 14.5 Å². The quantitative estimate of drug-likeness (QED) is 0.488. The first kappa shape index (κ1) is 17.1. The van der Waals surface area contributed by atoms with Gasteiger partial charge >= 0.3 is 0 Å². The molecule has 0 aliphatic rings. The zero-order valence-corrected chi connectivity index (χ0v) is 14.8. The third-order valence-corrected chi connectivity index (χ3v) is 4.65. The SMILES string of the molecule is Fc1ccccc1N=c1scc(-c2ccccc2F)n1N=Cc1ccc[nH]1. The van der Waals surface area contributed by atoms with Crippen molar-refractivity contribution >= 4 is 23.2 Å². The Morgan fingerprint density at radius 3 is 2.44 bits per heavy atom. The Morgan fingerprint density at radius 1 is 0.926 bits per heavy atom. The molecule has 0 bridgehead atoms. The summed E-state index contributed by atoms with van der Waals surface area (Å²) < 4.78 is 29.8. The molecule has 0 spiro atoms. The molecule has 4 rings (SSSR count). The van der Waals surface area contributed by atoms with Gasteiger partial charge in [-0.15, -0.1) is 11.3 Å². The van der Waals surface area contributed by atoms with Gasteiger partial charge in [-0.1, -0.05) is 24.3 Å². The van der Waals surface area contributed by atoms with Crippen molar-refractivity contribution in [3.8, 4) is 11.3 Å². The van der Waals surface area contributed by atoms with Crippen molar-refractivity contribution in [3.63, 3.8) is 0 Å². The molecule has 27 heavy (non-hydrogen) atoms. The van der Waals surface area contributed by atoms with Crippen LogP contribution in [0.3, 0.4) is 0 Å². The highest BCUT2D eigenvalue weighted by atomic mass is 32.1. The van der Waals surface area contributed by atoms with E-state index >= 15 is 0 Å². The lowest BCUT2D eigenvalue weighted by molar-refractivity contribution is 0.627. The van der Waals surface area contributed by atoms with Gasteiger partial charge in [-0.05, 0) is 36.4 Å². The maximum atomic E-state index is 14.3. The second-order valence-electron chi connectivity index (χ2n) is 5.63. The maximum Gasteiger partial charge on any atom is 0.211 e. The molecule has 0 aliphatic heterocycles. The smallest absolute Gasteiger partial charge is 0.211 e. The van der Waals surface area contributed by atoms with E-state index in [1.807, 2.05) is 12.1 Å². The van der Waals surface area contributed by atoms with E-state index in [4.69, 9.17) is 0 Å². The predicted octanol–water partition coefficient (Wildman–Crippen LogP) is 4.94. The van der Waals surface area contributed by atoms with Crippen molar-refractivity contribution < 1.29 is 8.78 Å². The summed E-state index contributed by atoms with van der Waals surface area (Å²) in [4.78, 5) is 7.83. The molecule has 0 fully saturated rings. The van der Waals surface area contributed by atoms with E-state index in [0.717, 1.165) is 5.69 Å². The molecule has 1 N–H and O–H groups in total. The molecule has 0 saturated carbocycles. The fourth-order valence-electron chi connectivity index (χ4n) is 2.53. The van der Waals surface area contributed by atoms with Crippen LogP contribution in [-0.4, -0.2) is 15.9 Å². The largest absolute Gasteiger partial charge is 0.360 e. The number of aromatic amines is 1. The predicted molar refractivity (Wildman–Crippen MR) is 103 cm³/mol. The lowest BCUT2D eigenvalue weighted by Crippen LogP contribution is -2.12. The standard InChI is InChI=1S/C20H14F2N4S/c21-16-8-2-1-7-15(16)19-13-27-20(25-18-10-4-3-9-17(18)22)26(19)24-12-14-6-5-11-23-14/h1-13,23H. The van der Waals surface area contributed by atoms with E-state index in [0.29, 0.717) is 16.1 Å². The van der Waals surface area contributed by atoms with Crippen LogP contribution in [0.1, 0.15) is 5.69 Å². The van der Waals surface area contributed by atoms with Crippen LogP contribution in [0.2, 0.25) is 0 Å². The van der Waals surface area contributed by atoms with Crippen LogP contribution in [0.15, 0.2) is 82.3 Å². The van der Waals surface area contributed by atoms with E-state index in [9.17, 15) is 8.78 Å². The van der Waals surface area contributed by atoms with Crippen molar-refractivity contribution in [2.24, 2.45) is 10.1 Å². The minimum Gasteiger partial charge on any atom is -0.360 e. The zero-order valence-electron chi connectivity index (χ0n) is 14.0. The third-order valence-electron chi connectivity index (χ3n) is 3.84. The maximum absolute atomic E-state index is 14.3. The Balaban J connectivity index is 1.90. The summed E-state index contributed by atoms with van der Waals surface area (Å²) in [5, 5.41) is 6.19. The van der Waals surface area contributed by atoms with Crippen molar-refractivity contribution in [2.45, 2.75) is 0 Å². The van der Waals surface area contributed by atoms with E-state index < -0.39 is 5.82 Å². The molecule has 4 aromatic rings. The van der Waals surface area contributed by atoms with Crippen LogP contribution in [0.25, 0.3) is 11.3 Å². The highest BCUT2D eigenvalue weighted by Crippen LogP contribution is 2.24. The van der Waals surface area contributed by atoms with Gasteiger partial charge in [0.05, 0.1) is 17.6 Å². The lowest BCUT2D eigenvalue weighted by atomic mass is 10.1. The van der Waals surface area contributed by atoms with Crippen molar-refractivity contribution in [1.29, 1.82) is 0 Å². The Kier molecular flexibility index (Phi) is 4.76. The topological polar surface area (TPSA) is 45.4 Å². The highest BCUT2D eigenvalue weighted by Gasteiger charge is 2.12. The molecule has 0 saturated heterocycles. The molecule has 0 atom stereocenters. The number of hydrogen-bond acceptors (Lipinski definition) is 3. The fourth-order valence-corrected chi connectivity index (χ4v) is 3.37. The van der Waals surface area contributed by atoms with Gasteiger partial charge in [-0.3, -0.25) is 0 Å². The third kappa shape index (κ3) is 3.63. The average molecular weight is 380 g/mol. The van der Waals surface area contributed by atoms with Gasteiger partial charge < -0.3 is 4.98 Å². The minimum atomic E-state index is -0.432. The summed E-state index contributed by atoms with van der Waals surface area (Å²) in [5.74, 6) is -0.796. The Morgan fingerprint density at radius 2 is 1.70 bits per heavy atom. The molecule has 7 heteroatoms. The Labute approximate surface area is 157 Å². The van der Waals surface area contributed by atoms with Crippen LogP contribution in [0, 0.1) is 11.6 Å². The molecule has 0 amide bonds. The van der Waals surface area contributed by atoms with E-state index in [-0.39, 0.29) is 11.5 Å². The molecule has 134 valence electrons. The first-order chi connectivity index (χ1) is 13.2. The molecule has 0 unspecified atom stereocenters. The number of H-pyrrole nitrogens is 1. The molecule has 4 nitrogen and oxygen atoms in total. The van der Waals surface area contributed by atoms with E-state index in [2.05, 4.69) is 15.1 Å². The minimum absolute atomic E-state index is 0.197. The first-order valence-corrected chi connectivity index (χ1v) is 9.03. The summed E-state index contributed by atoms with van der Waals surface area (Å²) in [6.45, 7) is 0. The number of hydrogen-bond donors (Lipinski definition) is 1. The van der Waals surface area contributed by atoms with Crippen LogP contribution in [0.5, 0.6) is 0 Å². The number of nitrogens with zero attached hydrogens (tertiary/aromatic N) is 3. The molecule has 0 aliphatic carbocycles. The van der Waals surface area contributed by atoms with Gasteiger partial charge in [-0.25, -0.2) is 18.4 Å². The summed E-state index contributed by atoms with van der Waals surface area (Å²) in [5.41, 5.74) is 1.91. The second-order valence-corrected chi connectivity index (χ2v) is 6.46. The molecule has 2 heterocycles. The number of thiazole rings is 1. The van der Waals surface area contributed by atoms with Crippen LogP contribution < -0.4 is 4.80 Å². The van der Waals surface area contributed by atoms with Crippen LogP contribution in [-0.2, 0) is 0 Å². The number of aromatic nitrogens is 2. The van der Waals surface area contributed by atoms with Crippen molar-refractivity contribution in [2.75, 3.05) is 0 Å². The Hall–Kier alpha value is -3.32. The fraction of sp³-hybridized carbons (Fsp3) is 0. The van der Waals surface area contributed by atoms with Gasteiger partial charge in [-0.2, -0.15) is 5.10 Å². The van der Waals surface area contributed by atoms with Gasteiger partial charge in [0.1, 0.15) is 17.3 Å². The van der Waals surface area contributed by atoms with Gasteiger partial charge in [0.15, 0.2) is 0 Å². The molecule has 0 radical (unpaired) electrons. The number of benzene rings is 2. The number of para-hydroxylation sites is 1. The van der Waals surface area contributed by atoms with Gasteiger partial charge in [0, 0.05) is 17.1 Å². The van der Waals surface area contributed by atoms with Crippen molar-refractivity contribution in [3.05, 3.63) is 94.4 Å². The Bertz CT molecular complexity index is 1160. The number of nitrogens with one attached hydrogen (secondary N) is 1. The number of rotatable bonds is 4. The molecule has 2 aromatic carbocycles. The number of halogens is 2. The van der Waals surface area contributed by atoms with E-state index in [1.165, 1.54) is 28.1 Å². The first-order valence-electron chi connectivity index (χ1n) is 8.15. The summed E-state index contributed by atoms with van der Waals surface area (Å²) >= 11 is 1.26. The lowest BCUT2D eigenvalue weighted by Gasteiger charge is -2.04.